The van der Waals surface area contributed by atoms with E-state index in [9.17, 15) is 9.18 Å². The van der Waals surface area contributed by atoms with Crippen LogP contribution in [0.5, 0.6) is 0 Å². The zero-order valence-electron chi connectivity index (χ0n) is 12.9. The Kier molecular flexibility index (Phi) is 3.54. The Morgan fingerprint density at radius 3 is 2.58 bits per heavy atom. The molecule has 1 aliphatic carbocycles. The van der Waals surface area contributed by atoms with Crippen molar-refractivity contribution >= 4 is 28.3 Å². The molecule has 1 amide bonds. The summed E-state index contributed by atoms with van der Waals surface area (Å²) in [4.78, 5) is 11.8. The maximum absolute atomic E-state index is 13.9. The molecule has 0 heterocycles. The maximum Gasteiger partial charge on any atom is 0.249 e. The molecule has 0 saturated heterocycles. The summed E-state index contributed by atoms with van der Waals surface area (Å²) in [5.74, 6) is -0.455. The highest BCUT2D eigenvalue weighted by Crippen LogP contribution is 2.46. The molecule has 120 valence electrons. The summed E-state index contributed by atoms with van der Waals surface area (Å²) < 4.78 is 13.9. The lowest BCUT2D eigenvalue weighted by molar-refractivity contribution is 0.100. The molecule has 3 aromatic carbocycles. The molecule has 0 radical (unpaired) electrons. The van der Waals surface area contributed by atoms with Gasteiger partial charge in [-0.1, -0.05) is 35.9 Å². The third kappa shape index (κ3) is 2.45. The van der Waals surface area contributed by atoms with E-state index in [0.717, 1.165) is 10.8 Å². The Morgan fingerprint density at radius 1 is 1.08 bits per heavy atom. The van der Waals surface area contributed by atoms with E-state index in [1.54, 1.807) is 6.07 Å². The number of hydrogen-bond acceptors (Lipinski definition) is 1. The molecule has 1 aliphatic rings. The number of carbonyl (C=O) groups excluding carboxylic acids is 1. The molecule has 2 nitrogen and oxygen atoms in total. The van der Waals surface area contributed by atoms with Crippen LogP contribution in [0.2, 0.25) is 5.02 Å². The molecular weight excluding hydrogens is 325 g/mol. The second-order valence-electron chi connectivity index (χ2n) is 6.19. The summed E-state index contributed by atoms with van der Waals surface area (Å²) in [6, 6.07) is 13.8. The first-order valence-electron chi connectivity index (χ1n) is 7.87. The van der Waals surface area contributed by atoms with Gasteiger partial charge < -0.3 is 5.73 Å². The number of benzene rings is 3. The van der Waals surface area contributed by atoms with Gasteiger partial charge in [0.15, 0.2) is 0 Å². The summed E-state index contributed by atoms with van der Waals surface area (Å²) in [6.07, 6.45) is 2.37. The van der Waals surface area contributed by atoms with Crippen molar-refractivity contribution in [2.45, 2.75) is 18.8 Å². The first-order valence-corrected chi connectivity index (χ1v) is 8.25. The zero-order chi connectivity index (χ0) is 16.8. The van der Waals surface area contributed by atoms with Gasteiger partial charge in [-0.2, -0.15) is 0 Å². The highest BCUT2D eigenvalue weighted by molar-refractivity contribution is 6.35. The molecule has 0 atom stereocenters. The summed E-state index contributed by atoms with van der Waals surface area (Å²) in [7, 11) is 0. The van der Waals surface area contributed by atoms with Crippen molar-refractivity contribution in [1.82, 2.24) is 0 Å². The Hall–Kier alpha value is -2.39. The fourth-order valence-corrected chi connectivity index (χ4v) is 3.58. The number of rotatable bonds is 3. The predicted molar refractivity (Wildman–Crippen MR) is 94.8 cm³/mol. The van der Waals surface area contributed by atoms with Crippen molar-refractivity contribution in [1.29, 1.82) is 0 Å². The molecule has 3 aromatic rings. The summed E-state index contributed by atoms with van der Waals surface area (Å²) >= 11 is 6.44. The first kappa shape index (κ1) is 15.2. The predicted octanol–water partition coefficient (Wildman–Crippen LogP) is 5.28. The SMILES string of the molecule is NC(=O)c1ccc(F)cc1-c1c(Cl)ccc2c(C3CC3)cccc12. The Balaban J connectivity index is 2.07. The molecule has 0 bridgehead atoms. The fourth-order valence-electron chi connectivity index (χ4n) is 3.32. The number of carbonyl (C=O) groups is 1. The smallest absolute Gasteiger partial charge is 0.249 e. The van der Waals surface area contributed by atoms with Gasteiger partial charge >= 0.3 is 0 Å². The molecule has 0 aliphatic heterocycles. The minimum absolute atomic E-state index is 0.266. The van der Waals surface area contributed by atoms with E-state index in [0.29, 0.717) is 22.1 Å². The molecule has 1 saturated carbocycles. The van der Waals surface area contributed by atoms with Crippen molar-refractivity contribution in [3.63, 3.8) is 0 Å². The van der Waals surface area contributed by atoms with Crippen LogP contribution in [0.1, 0.15) is 34.7 Å². The van der Waals surface area contributed by atoms with E-state index >= 15 is 0 Å². The standard InChI is InChI=1S/C20H15ClFNO/c21-18-9-8-14-13(11-4-5-11)2-1-3-15(14)19(18)17-10-12(22)6-7-16(17)20(23)24/h1-3,6-11H,4-5H2,(H2,23,24). The van der Waals surface area contributed by atoms with Gasteiger partial charge in [0.2, 0.25) is 5.91 Å². The second-order valence-corrected chi connectivity index (χ2v) is 6.60. The molecule has 1 fully saturated rings. The fraction of sp³-hybridized carbons (Fsp3) is 0.150. The van der Waals surface area contributed by atoms with Crippen molar-refractivity contribution < 1.29 is 9.18 Å². The monoisotopic (exact) mass is 339 g/mol. The highest BCUT2D eigenvalue weighted by Gasteiger charge is 2.26. The zero-order valence-corrected chi connectivity index (χ0v) is 13.6. The maximum atomic E-state index is 13.9. The van der Waals surface area contributed by atoms with Crippen LogP contribution in [0, 0.1) is 5.82 Å². The lowest BCUT2D eigenvalue weighted by Crippen LogP contribution is -2.12. The number of amides is 1. The number of fused-ring (bicyclic) bond motifs is 1. The third-order valence-electron chi connectivity index (χ3n) is 4.58. The molecule has 0 unspecified atom stereocenters. The van der Waals surface area contributed by atoms with Crippen molar-refractivity contribution in [2.24, 2.45) is 5.73 Å². The van der Waals surface area contributed by atoms with Gasteiger partial charge in [0.25, 0.3) is 0 Å². The van der Waals surface area contributed by atoms with Crippen molar-refractivity contribution in [2.75, 3.05) is 0 Å². The summed E-state index contributed by atoms with van der Waals surface area (Å²) in [6.45, 7) is 0. The van der Waals surface area contributed by atoms with Gasteiger partial charge in [0.1, 0.15) is 5.82 Å². The quantitative estimate of drug-likeness (QED) is 0.693. The van der Waals surface area contributed by atoms with Gasteiger partial charge in [-0.05, 0) is 64.9 Å². The van der Waals surface area contributed by atoms with Crippen molar-refractivity contribution in [3.05, 3.63) is 70.5 Å². The summed E-state index contributed by atoms with van der Waals surface area (Å²) in [5, 5.41) is 2.49. The number of halogens is 2. The van der Waals surface area contributed by atoms with Crippen LogP contribution >= 0.6 is 11.6 Å². The molecule has 4 rings (SSSR count). The van der Waals surface area contributed by atoms with Gasteiger partial charge in [-0.3, -0.25) is 4.79 Å². The molecular formula is C20H15ClFNO. The molecule has 0 aromatic heterocycles. The Morgan fingerprint density at radius 2 is 1.88 bits per heavy atom. The molecule has 24 heavy (non-hydrogen) atoms. The number of nitrogens with two attached hydrogens (primary N) is 1. The van der Waals surface area contributed by atoms with Crippen LogP contribution < -0.4 is 5.73 Å². The normalized spacial score (nSPS) is 14.1. The summed E-state index contributed by atoms with van der Waals surface area (Å²) in [5.41, 5.74) is 8.12. The van der Waals surface area contributed by atoms with E-state index in [1.165, 1.54) is 36.6 Å². The average molecular weight is 340 g/mol. The average Bonchev–Trinajstić information content (AvgIpc) is 3.38. The van der Waals surface area contributed by atoms with Crippen LogP contribution in [0.25, 0.3) is 21.9 Å². The van der Waals surface area contributed by atoms with Gasteiger partial charge in [0.05, 0.1) is 0 Å². The van der Waals surface area contributed by atoms with Gasteiger partial charge in [-0.15, -0.1) is 0 Å². The van der Waals surface area contributed by atoms with Gasteiger partial charge in [-0.25, -0.2) is 4.39 Å². The van der Waals surface area contributed by atoms with E-state index < -0.39 is 11.7 Å². The van der Waals surface area contributed by atoms with E-state index in [2.05, 4.69) is 6.07 Å². The van der Waals surface area contributed by atoms with Crippen LogP contribution in [-0.4, -0.2) is 5.91 Å². The van der Waals surface area contributed by atoms with Crippen LogP contribution in [0.3, 0.4) is 0 Å². The number of hydrogen-bond donors (Lipinski definition) is 1. The van der Waals surface area contributed by atoms with Crippen LogP contribution in [-0.2, 0) is 0 Å². The van der Waals surface area contributed by atoms with Gasteiger partial charge in [0, 0.05) is 16.1 Å². The van der Waals surface area contributed by atoms with E-state index in [1.807, 2.05) is 18.2 Å². The minimum Gasteiger partial charge on any atom is -0.366 e. The van der Waals surface area contributed by atoms with Crippen molar-refractivity contribution in [3.8, 4) is 11.1 Å². The van der Waals surface area contributed by atoms with Crippen LogP contribution in [0.4, 0.5) is 4.39 Å². The Bertz CT molecular complexity index is 979. The second kappa shape index (κ2) is 5.60. The molecule has 2 N–H and O–H groups in total. The number of primary amides is 1. The molecule has 4 heteroatoms. The highest BCUT2D eigenvalue weighted by atomic mass is 35.5. The topological polar surface area (TPSA) is 43.1 Å². The lowest BCUT2D eigenvalue weighted by Gasteiger charge is -2.14. The molecule has 0 spiro atoms. The third-order valence-corrected chi connectivity index (χ3v) is 4.89. The van der Waals surface area contributed by atoms with E-state index in [4.69, 9.17) is 17.3 Å². The Labute approximate surface area is 144 Å². The largest absolute Gasteiger partial charge is 0.366 e. The van der Waals surface area contributed by atoms with E-state index in [-0.39, 0.29) is 5.56 Å². The first-order chi connectivity index (χ1) is 11.6. The van der Waals surface area contributed by atoms with Crippen LogP contribution in [0.15, 0.2) is 48.5 Å². The minimum atomic E-state index is -0.601. The lowest BCUT2D eigenvalue weighted by atomic mass is 9.91.